The zero-order chi connectivity index (χ0) is 20.2. The fourth-order valence-corrected chi connectivity index (χ4v) is 3.05. The van der Waals surface area contributed by atoms with Crippen LogP contribution in [-0.4, -0.2) is 40.3 Å². The van der Waals surface area contributed by atoms with Crippen molar-refractivity contribution in [3.8, 4) is 5.75 Å². The molecule has 0 unspecified atom stereocenters. The molecule has 0 aliphatic rings. The molecule has 0 saturated carbocycles. The van der Waals surface area contributed by atoms with Crippen LogP contribution in [0.3, 0.4) is 0 Å². The van der Waals surface area contributed by atoms with Gasteiger partial charge >= 0.3 is 0 Å². The van der Waals surface area contributed by atoms with Crippen molar-refractivity contribution >= 4 is 21.7 Å². The molecule has 2 aromatic carbocycles. The van der Waals surface area contributed by atoms with Gasteiger partial charge in [0.25, 0.3) is 0 Å². The average molecular weight is 405 g/mol. The second kappa shape index (κ2) is 11.2. The molecule has 0 bridgehead atoms. The fraction of sp³-hybridized carbons (Fsp3) is 0.350. The lowest BCUT2D eigenvalue weighted by molar-refractivity contribution is 0.311. The van der Waals surface area contributed by atoms with Gasteiger partial charge in [0, 0.05) is 13.1 Å². The Morgan fingerprint density at radius 3 is 2.46 bits per heavy atom. The summed E-state index contributed by atoms with van der Waals surface area (Å²) in [4.78, 5) is 4.55. The number of nitrogens with zero attached hydrogens (tertiary/aromatic N) is 1. The highest BCUT2D eigenvalue weighted by Crippen LogP contribution is 2.17. The smallest absolute Gasteiger partial charge is 0.229 e. The van der Waals surface area contributed by atoms with Crippen LogP contribution < -0.4 is 20.1 Å². The number of anilines is 1. The number of rotatable bonds is 10. The van der Waals surface area contributed by atoms with Gasteiger partial charge in [-0.05, 0) is 37.1 Å². The summed E-state index contributed by atoms with van der Waals surface area (Å²) in [6.45, 7) is 4.40. The first-order valence-electron chi connectivity index (χ1n) is 9.23. The van der Waals surface area contributed by atoms with E-state index in [-0.39, 0.29) is 0 Å². The number of hydrogen-bond acceptors (Lipinski definition) is 4. The van der Waals surface area contributed by atoms with Crippen LogP contribution in [0, 0.1) is 0 Å². The second-order valence-corrected chi connectivity index (χ2v) is 7.92. The number of sulfonamides is 1. The third-order valence-corrected chi connectivity index (χ3v) is 4.28. The van der Waals surface area contributed by atoms with E-state index in [4.69, 9.17) is 4.74 Å². The highest BCUT2D eigenvalue weighted by molar-refractivity contribution is 7.92. The largest absolute Gasteiger partial charge is 0.494 e. The number of guanidine groups is 1. The van der Waals surface area contributed by atoms with Gasteiger partial charge in [0.05, 0.1) is 25.1 Å². The van der Waals surface area contributed by atoms with E-state index in [1.54, 1.807) is 12.1 Å². The van der Waals surface area contributed by atoms with Gasteiger partial charge in [-0.25, -0.2) is 13.4 Å². The number of benzene rings is 2. The van der Waals surface area contributed by atoms with Crippen LogP contribution in [0.15, 0.2) is 59.6 Å². The zero-order valence-electron chi connectivity index (χ0n) is 16.3. The first kappa shape index (κ1) is 21.6. The molecule has 2 rings (SSSR count). The van der Waals surface area contributed by atoms with Crippen LogP contribution >= 0.6 is 0 Å². The maximum Gasteiger partial charge on any atom is 0.229 e. The standard InChI is InChI=1S/C20H28N4O3S/c1-3-21-20(22-14-9-15-27-18-11-5-4-6-12-18)23-16-17-10-7-8-13-19(17)24-28(2,25)26/h4-8,10-13,24H,3,9,14-16H2,1-2H3,(H2,21,22,23). The summed E-state index contributed by atoms with van der Waals surface area (Å²) in [5.41, 5.74) is 1.35. The first-order chi connectivity index (χ1) is 13.5. The molecular formula is C20H28N4O3S. The third kappa shape index (κ3) is 8.30. The maximum absolute atomic E-state index is 11.5. The minimum absolute atomic E-state index is 0.356. The molecule has 2 aromatic rings. The second-order valence-electron chi connectivity index (χ2n) is 6.17. The van der Waals surface area contributed by atoms with Crippen molar-refractivity contribution in [3.63, 3.8) is 0 Å². The van der Waals surface area contributed by atoms with Gasteiger partial charge < -0.3 is 15.4 Å². The molecule has 0 spiro atoms. The van der Waals surface area contributed by atoms with Crippen molar-refractivity contribution in [1.29, 1.82) is 0 Å². The molecule has 0 heterocycles. The fourth-order valence-electron chi connectivity index (χ4n) is 2.45. The molecule has 7 nitrogen and oxygen atoms in total. The lowest BCUT2D eigenvalue weighted by Gasteiger charge is -2.13. The van der Waals surface area contributed by atoms with Gasteiger partial charge in [-0.1, -0.05) is 36.4 Å². The van der Waals surface area contributed by atoms with E-state index in [2.05, 4.69) is 20.3 Å². The van der Waals surface area contributed by atoms with Crippen LogP contribution in [0.25, 0.3) is 0 Å². The van der Waals surface area contributed by atoms with Gasteiger partial charge in [0.15, 0.2) is 5.96 Å². The number of aliphatic imine (C=N–C) groups is 1. The molecular weight excluding hydrogens is 376 g/mol. The summed E-state index contributed by atoms with van der Waals surface area (Å²) in [6, 6.07) is 16.9. The summed E-state index contributed by atoms with van der Waals surface area (Å²) >= 11 is 0. The molecule has 0 aliphatic carbocycles. The van der Waals surface area contributed by atoms with Crippen molar-refractivity contribution in [3.05, 3.63) is 60.2 Å². The van der Waals surface area contributed by atoms with Crippen molar-refractivity contribution in [2.45, 2.75) is 19.9 Å². The number of para-hydroxylation sites is 2. The molecule has 0 fully saturated rings. The molecule has 0 radical (unpaired) electrons. The number of ether oxygens (including phenoxy) is 1. The lowest BCUT2D eigenvalue weighted by atomic mass is 10.2. The van der Waals surface area contributed by atoms with Crippen LogP contribution in [0.4, 0.5) is 5.69 Å². The van der Waals surface area contributed by atoms with Crippen LogP contribution in [0.5, 0.6) is 5.75 Å². The summed E-state index contributed by atoms with van der Waals surface area (Å²) < 4.78 is 31.2. The predicted octanol–water partition coefficient (Wildman–Crippen LogP) is 2.58. The van der Waals surface area contributed by atoms with E-state index in [1.165, 1.54) is 0 Å². The van der Waals surface area contributed by atoms with Crippen molar-refractivity contribution < 1.29 is 13.2 Å². The van der Waals surface area contributed by atoms with Crippen LogP contribution in [-0.2, 0) is 16.6 Å². The Morgan fingerprint density at radius 1 is 1.04 bits per heavy atom. The molecule has 0 aliphatic heterocycles. The molecule has 0 atom stereocenters. The van der Waals surface area contributed by atoms with Crippen LogP contribution in [0.1, 0.15) is 18.9 Å². The van der Waals surface area contributed by atoms with E-state index in [1.807, 2.05) is 49.4 Å². The van der Waals surface area contributed by atoms with Gasteiger partial charge in [0.1, 0.15) is 5.75 Å². The number of hydrogen-bond donors (Lipinski definition) is 3. The highest BCUT2D eigenvalue weighted by atomic mass is 32.2. The summed E-state index contributed by atoms with van der Waals surface area (Å²) in [7, 11) is -3.34. The van der Waals surface area contributed by atoms with Gasteiger partial charge in [-0.3, -0.25) is 4.72 Å². The average Bonchev–Trinajstić information content (AvgIpc) is 2.66. The SMILES string of the molecule is CCNC(=NCc1ccccc1NS(C)(=O)=O)NCCCOc1ccccc1. The lowest BCUT2D eigenvalue weighted by Crippen LogP contribution is -2.38. The molecule has 0 saturated heterocycles. The van der Waals surface area contributed by atoms with Crippen molar-refractivity contribution in [2.75, 3.05) is 30.7 Å². The quantitative estimate of drug-likeness (QED) is 0.322. The molecule has 0 aromatic heterocycles. The van der Waals surface area contributed by atoms with Gasteiger partial charge in [-0.15, -0.1) is 0 Å². The summed E-state index contributed by atoms with van der Waals surface area (Å²) in [5, 5.41) is 6.45. The minimum atomic E-state index is -3.34. The Balaban J connectivity index is 1.86. The Kier molecular flexibility index (Phi) is 8.61. The van der Waals surface area contributed by atoms with Crippen molar-refractivity contribution in [2.24, 2.45) is 4.99 Å². The zero-order valence-corrected chi connectivity index (χ0v) is 17.1. The monoisotopic (exact) mass is 404 g/mol. The van der Waals surface area contributed by atoms with E-state index in [0.717, 1.165) is 30.5 Å². The van der Waals surface area contributed by atoms with Gasteiger partial charge in [0.2, 0.25) is 10.0 Å². The Bertz CT molecular complexity index is 855. The highest BCUT2D eigenvalue weighted by Gasteiger charge is 2.07. The molecule has 152 valence electrons. The Morgan fingerprint density at radius 2 is 1.75 bits per heavy atom. The third-order valence-electron chi connectivity index (χ3n) is 3.69. The topological polar surface area (TPSA) is 91.8 Å². The van der Waals surface area contributed by atoms with E-state index in [9.17, 15) is 8.42 Å². The molecule has 8 heteroatoms. The summed E-state index contributed by atoms with van der Waals surface area (Å²) in [5.74, 6) is 1.54. The van der Waals surface area contributed by atoms with E-state index in [0.29, 0.717) is 31.3 Å². The van der Waals surface area contributed by atoms with Crippen molar-refractivity contribution in [1.82, 2.24) is 10.6 Å². The maximum atomic E-state index is 11.5. The van der Waals surface area contributed by atoms with E-state index >= 15 is 0 Å². The summed E-state index contributed by atoms with van der Waals surface area (Å²) in [6.07, 6.45) is 1.96. The van der Waals surface area contributed by atoms with Gasteiger partial charge in [-0.2, -0.15) is 0 Å². The normalized spacial score (nSPS) is 11.7. The Hall–Kier alpha value is -2.74. The molecule has 3 N–H and O–H groups in total. The van der Waals surface area contributed by atoms with E-state index < -0.39 is 10.0 Å². The first-order valence-corrected chi connectivity index (χ1v) is 11.1. The molecule has 28 heavy (non-hydrogen) atoms. The molecule has 0 amide bonds. The number of nitrogens with one attached hydrogen (secondary N) is 3. The Labute approximate surface area is 167 Å². The minimum Gasteiger partial charge on any atom is -0.494 e. The predicted molar refractivity (Wildman–Crippen MR) is 114 cm³/mol. The van der Waals surface area contributed by atoms with Crippen LogP contribution in [0.2, 0.25) is 0 Å².